The van der Waals surface area contributed by atoms with Gasteiger partial charge < -0.3 is 15.2 Å². The molecule has 0 amide bonds. The smallest absolute Gasteiger partial charge is 0.281 e. The lowest BCUT2D eigenvalue weighted by molar-refractivity contribution is 0.371. The van der Waals surface area contributed by atoms with Gasteiger partial charge in [0, 0.05) is 22.5 Å². The average molecular weight is 573 g/mol. The van der Waals surface area contributed by atoms with Crippen LogP contribution in [0, 0.1) is 18.6 Å². The Balaban J connectivity index is 1.36. The molecule has 1 aliphatic carbocycles. The van der Waals surface area contributed by atoms with Gasteiger partial charge in [-0.05, 0) is 61.6 Å². The molecular formula is C27H26F2N4O4S2. The molecule has 0 atom stereocenters. The molecular weight excluding hydrogens is 546 g/mol. The number of nitrogens with one attached hydrogen (secondary N) is 2. The van der Waals surface area contributed by atoms with Gasteiger partial charge in [-0.3, -0.25) is 4.72 Å². The summed E-state index contributed by atoms with van der Waals surface area (Å²) < 4.78 is 61.6. The predicted octanol–water partition coefficient (Wildman–Crippen LogP) is 6.19. The van der Waals surface area contributed by atoms with Crippen molar-refractivity contribution < 1.29 is 27.0 Å². The number of aromatic hydroxyl groups is 1. The maximum Gasteiger partial charge on any atom is 0.281 e. The van der Waals surface area contributed by atoms with Gasteiger partial charge in [-0.15, -0.1) is 11.3 Å². The molecule has 4 aromatic rings. The molecule has 2 heterocycles. The van der Waals surface area contributed by atoms with E-state index < -0.39 is 21.7 Å². The van der Waals surface area contributed by atoms with Gasteiger partial charge in [0.15, 0.2) is 33.3 Å². The quantitative estimate of drug-likeness (QED) is 0.219. The van der Waals surface area contributed by atoms with E-state index in [9.17, 15) is 22.3 Å². The summed E-state index contributed by atoms with van der Waals surface area (Å²) in [7, 11) is -2.62. The van der Waals surface area contributed by atoms with Gasteiger partial charge in [-0.25, -0.2) is 18.7 Å². The summed E-state index contributed by atoms with van der Waals surface area (Å²) in [5.41, 5.74) is 2.42. The molecule has 0 saturated heterocycles. The second kappa shape index (κ2) is 10.8. The zero-order valence-electron chi connectivity index (χ0n) is 21.2. The molecule has 0 unspecified atom stereocenters. The molecule has 39 heavy (non-hydrogen) atoms. The molecule has 0 aliphatic heterocycles. The molecule has 8 nitrogen and oxygen atoms in total. The first-order valence-corrected chi connectivity index (χ1v) is 14.5. The third-order valence-electron chi connectivity index (χ3n) is 6.61. The molecule has 2 aromatic heterocycles. The van der Waals surface area contributed by atoms with Crippen LogP contribution in [0.4, 0.5) is 19.6 Å². The topological polar surface area (TPSA) is 113 Å². The Hall–Kier alpha value is -3.77. The number of nitrogens with zero attached hydrogens (tertiary/aromatic N) is 2. The number of ether oxygens (including phenoxy) is 1. The molecule has 2 aromatic carbocycles. The Kier molecular flexibility index (Phi) is 7.41. The normalized spacial score (nSPS) is 13.6. The zero-order valence-corrected chi connectivity index (χ0v) is 22.8. The van der Waals surface area contributed by atoms with Crippen molar-refractivity contribution in [3.05, 3.63) is 76.3 Å². The monoisotopic (exact) mass is 572 g/mol. The van der Waals surface area contributed by atoms with Crippen molar-refractivity contribution >= 4 is 32.2 Å². The van der Waals surface area contributed by atoms with Gasteiger partial charge in [0.2, 0.25) is 0 Å². The summed E-state index contributed by atoms with van der Waals surface area (Å²) in [6.07, 6.45) is 4.29. The van der Waals surface area contributed by atoms with Crippen LogP contribution >= 0.6 is 11.3 Å². The van der Waals surface area contributed by atoms with Crippen molar-refractivity contribution in [3.8, 4) is 22.8 Å². The number of aromatic nitrogens is 2. The molecule has 0 spiro atoms. The minimum absolute atomic E-state index is 0.0213. The number of phenolic OH excluding ortho intramolecular Hbond substituents is 1. The number of hydrogen-bond donors (Lipinski definition) is 3. The highest BCUT2D eigenvalue weighted by Crippen LogP contribution is 2.45. The van der Waals surface area contributed by atoms with Crippen molar-refractivity contribution in [2.45, 2.75) is 43.7 Å². The van der Waals surface area contributed by atoms with Crippen LogP contribution in [0.1, 0.15) is 41.2 Å². The Bertz CT molecular complexity index is 1640. The van der Waals surface area contributed by atoms with E-state index in [2.05, 4.69) is 20.0 Å². The van der Waals surface area contributed by atoms with Crippen LogP contribution in [0.2, 0.25) is 0 Å². The number of thiazole rings is 1. The minimum Gasteiger partial charge on any atom is -0.504 e. The van der Waals surface area contributed by atoms with E-state index in [1.54, 1.807) is 31.2 Å². The van der Waals surface area contributed by atoms with Gasteiger partial charge in [-0.1, -0.05) is 18.6 Å². The first-order valence-electron chi connectivity index (χ1n) is 12.2. The predicted molar refractivity (Wildman–Crippen MR) is 146 cm³/mol. The lowest BCUT2D eigenvalue weighted by Gasteiger charge is -2.24. The largest absolute Gasteiger partial charge is 0.504 e. The Morgan fingerprint density at radius 3 is 2.62 bits per heavy atom. The highest BCUT2D eigenvalue weighted by molar-refractivity contribution is 7.92. The van der Waals surface area contributed by atoms with Gasteiger partial charge in [0.25, 0.3) is 10.0 Å². The molecule has 0 bridgehead atoms. The first kappa shape index (κ1) is 26.8. The summed E-state index contributed by atoms with van der Waals surface area (Å²) in [6, 6.07) is 10.4. The fourth-order valence-electron chi connectivity index (χ4n) is 4.35. The third-order valence-corrected chi connectivity index (χ3v) is 9.28. The Labute approximate surface area is 228 Å². The van der Waals surface area contributed by atoms with Crippen molar-refractivity contribution in [3.63, 3.8) is 0 Å². The van der Waals surface area contributed by atoms with E-state index in [0.717, 1.165) is 36.3 Å². The van der Waals surface area contributed by atoms with Gasteiger partial charge >= 0.3 is 0 Å². The Morgan fingerprint density at radius 1 is 1.15 bits per heavy atom. The molecule has 3 N–H and O–H groups in total. The van der Waals surface area contributed by atoms with Gasteiger partial charge in [-0.2, -0.15) is 8.42 Å². The van der Waals surface area contributed by atoms with Gasteiger partial charge in [0.05, 0.1) is 24.7 Å². The fourth-order valence-corrected chi connectivity index (χ4v) is 6.90. The number of aryl methyl sites for hydroxylation is 1. The molecule has 204 valence electrons. The van der Waals surface area contributed by atoms with E-state index in [4.69, 9.17) is 4.74 Å². The van der Waals surface area contributed by atoms with Crippen LogP contribution in [-0.4, -0.2) is 30.6 Å². The molecule has 12 heteroatoms. The lowest BCUT2D eigenvalue weighted by Crippen LogP contribution is -2.16. The Morgan fingerprint density at radius 2 is 1.95 bits per heavy atom. The summed E-state index contributed by atoms with van der Waals surface area (Å²) in [6.45, 7) is 1.90. The number of halogens is 2. The van der Waals surface area contributed by atoms with Crippen molar-refractivity contribution in [1.29, 1.82) is 0 Å². The van der Waals surface area contributed by atoms with E-state index in [1.165, 1.54) is 30.7 Å². The number of benzene rings is 2. The van der Waals surface area contributed by atoms with Crippen LogP contribution in [0.15, 0.2) is 53.7 Å². The lowest BCUT2D eigenvalue weighted by atomic mass is 9.83. The number of sulfonamides is 1. The second-order valence-electron chi connectivity index (χ2n) is 9.26. The number of phenols is 1. The van der Waals surface area contributed by atoms with Crippen LogP contribution in [-0.2, 0) is 16.6 Å². The summed E-state index contributed by atoms with van der Waals surface area (Å²) in [5.74, 6) is -1.38. The summed E-state index contributed by atoms with van der Waals surface area (Å²) in [5, 5.41) is 13.4. The maximum absolute atomic E-state index is 13.9. The van der Waals surface area contributed by atoms with Crippen molar-refractivity contribution in [2.24, 2.45) is 0 Å². The zero-order chi connectivity index (χ0) is 27.7. The van der Waals surface area contributed by atoms with Crippen LogP contribution in [0.25, 0.3) is 11.3 Å². The number of methoxy groups -OCH3 is 1. The second-order valence-corrected chi connectivity index (χ2v) is 11.9. The molecule has 1 saturated carbocycles. The highest BCUT2D eigenvalue weighted by Gasteiger charge is 2.29. The SMILES string of the molecule is COc1cccc(CNc2cnc(S(=O)(=O)Nc3nc(-c4ccc(F)c(F)c4)c(C4CCC4)s3)c(C)c2)c1O. The fraction of sp³-hybridized carbons (Fsp3) is 0.259. The average Bonchev–Trinajstić information content (AvgIpc) is 3.25. The van der Waals surface area contributed by atoms with E-state index in [0.29, 0.717) is 33.8 Å². The number of pyridine rings is 1. The van der Waals surface area contributed by atoms with Crippen LogP contribution in [0.5, 0.6) is 11.5 Å². The minimum atomic E-state index is -4.09. The molecule has 5 rings (SSSR count). The standard InChI is InChI=1S/C27H26F2N4O4S2/c1-15-11-19(30-13-18-7-4-8-22(37-2)24(18)34)14-31-26(15)39(35,36)33-27-32-23(25(38-27)16-5-3-6-16)17-9-10-20(28)21(29)12-17/h4,7-12,14,16,30,34H,3,5-6,13H2,1-2H3,(H,32,33). The number of rotatable bonds is 9. The third kappa shape index (κ3) is 5.52. The maximum atomic E-state index is 13.9. The summed E-state index contributed by atoms with van der Waals surface area (Å²) in [4.78, 5) is 9.48. The van der Waals surface area contributed by atoms with Crippen molar-refractivity contribution in [2.75, 3.05) is 17.1 Å². The first-order chi connectivity index (χ1) is 18.7. The molecule has 1 fully saturated rings. The number of hydrogen-bond acceptors (Lipinski definition) is 8. The number of anilines is 2. The van der Waals surface area contributed by atoms with E-state index >= 15 is 0 Å². The van der Waals surface area contributed by atoms with Gasteiger partial charge in [0.1, 0.15) is 0 Å². The molecule has 0 radical (unpaired) electrons. The number of para-hydroxylation sites is 1. The molecule has 1 aliphatic rings. The van der Waals surface area contributed by atoms with E-state index in [-0.39, 0.29) is 28.4 Å². The summed E-state index contributed by atoms with van der Waals surface area (Å²) >= 11 is 1.20. The van der Waals surface area contributed by atoms with Crippen LogP contribution in [0.3, 0.4) is 0 Å². The van der Waals surface area contributed by atoms with Crippen molar-refractivity contribution in [1.82, 2.24) is 9.97 Å². The van der Waals surface area contributed by atoms with E-state index in [1.807, 2.05) is 0 Å². The van der Waals surface area contributed by atoms with Crippen LogP contribution < -0.4 is 14.8 Å². The highest BCUT2D eigenvalue weighted by atomic mass is 32.2.